The molecule has 0 atom stereocenters. The van der Waals surface area contributed by atoms with Gasteiger partial charge in [-0.3, -0.25) is 0 Å². The highest BCUT2D eigenvalue weighted by Crippen LogP contribution is 2.61. The Morgan fingerprint density at radius 1 is 0.960 bits per heavy atom. The van der Waals surface area contributed by atoms with Crippen molar-refractivity contribution in [1.82, 2.24) is 0 Å². The normalized spacial score (nSPS) is 32.4. The van der Waals surface area contributed by atoms with Gasteiger partial charge in [0.2, 0.25) is 0 Å². The van der Waals surface area contributed by atoms with Crippen LogP contribution in [0.3, 0.4) is 0 Å². The fourth-order valence-electron chi connectivity index (χ4n) is 5.98. The SMILES string of the molecule is COC(=O)c1ccccc1C(=O)OCCC12CC3CC(CC(C3)C1)C2. The maximum atomic E-state index is 12.4. The van der Waals surface area contributed by atoms with Crippen molar-refractivity contribution in [1.29, 1.82) is 0 Å². The first-order valence-corrected chi connectivity index (χ1v) is 9.43. The number of rotatable bonds is 5. The molecule has 0 heterocycles. The van der Waals surface area contributed by atoms with Crippen LogP contribution in [-0.4, -0.2) is 25.7 Å². The van der Waals surface area contributed by atoms with Gasteiger partial charge in [0, 0.05) is 0 Å². The van der Waals surface area contributed by atoms with Gasteiger partial charge in [-0.15, -0.1) is 0 Å². The van der Waals surface area contributed by atoms with E-state index in [-0.39, 0.29) is 5.56 Å². The molecule has 0 aromatic heterocycles. The van der Waals surface area contributed by atoms with Crippen molar-refractivity contribution in [3.05, 3.63) is 35.4 Å². The second-order valence-corrected chi connectivity index (χ2v) is 8.34. The summed E-state index contributed by atoms with van der Waals surface area (Å²) in [4.78, 5) is 24.3. The molecular weight excluding hydrogens is 316 g/mol. The molecule has 4 bridgehead atoms. The van der Waals surface area contributed by atoms with Crippen LogP contribution in [0.4, 0.5) is 0 Å². The molecule has 4 nitrogen and oxygen atoms in total. The van der Waals surface area contributed by atoms with Crippen LogP contribution >= 0.6 is 0 Å². The van der Waals surface area contributed by atoms with E-state index >= 15 is 0 Å². The molecule has 4 aliphatic carbocycles. The third-order valence-corrected chi connectivity index (χ3v) is 6.58. The highest BCUT2D eigenvalue weighted by Gasteiger charge is 2.50. The van der Waals surface area contributed by atoms with E-state index in [4.69, 9.17) is 9.47 Å². The Bertz CT molecular complexity index is 643. The van der Waals surface area contributed by atoms with Crippen molar-refractivity contribution >= 4 is 11.9 Å². The largest absolute Gasteiger partial charge is 0.465 e. The number of carbonyl (C=O) groups excluding carboxylic acids is 2. The molecule has 0 saturated heterocycles. The monoisotopic (exact) mass is 342 g/mol. The Kier molecular flexibility index (Phi) is 4.30. The molecule has 0 aliphatic heterocycles. The lowest BCUT2D eigenvalue weighted by atomic mass is 9.49. The van der Waals surface area contributed by atoms with E-state index in [0.717, 1.165) is 24.2 Å². The van der Waals surface area contributed by atoms with Crippen LogP contribution in [0.5, 0.6) is 0 Å². The number of hydrogen-bond acceptors (Lipinski definition) is 4. The summed E-state index contributed by atoms with van der Waals surface area (Å²) in [6, 6.07) is 6.68. The summed E-state index contributed by atoms with van der Waals surface area (Å²) in [6.45, 7) is 0.445. The van der Waals surface area contributed by atoms with E-state index in [9.17, 15) is 9.59 Å². The molecule has 0 unspecified atom stereocenters. The van der Waals surface area contributed by atoms with Crippen LogP contribution < -0.4 is 0 Å². The van der Waals surface area contributed by atoms with Crippen molar-refractivity contribution < 1.29 is 19.1 Å². The van der Waals surface area contributed by atoms with E-state index in [0.29, 0.717) is 17.6 Å². The molecule has 1 aromatic rings. The van der Waals surface area contributed by atoms with Gasteiger partial charge in [-0.2, -0.15) is 0 Å². The van der Waals surface area contributed by atoms with Gasteiger partial charge in [0.25, 0.3) is 0 Å². The van der Waals surface area contributed by atoms with Crippen LogP contribution in [0, 0.1) is 23.2 Å². The molecule has 4 saturated carbocycles. The summed E-state index contributed by atoms with van der Waals surface area (Å²) in [5.74, 6) is 1.78. The number of carbonyl (C=O) groups is 2. The van der Waals surface area contributed by atoms with Crippen molar-refractivity contribution in [3.8, 4) is 0 Å². The van der Waals surface area contributed by atoms with E-state index < -0.39 is 11.9 Å². The highest BCUT2D eigenvalue weighted by molar-refractivity contribution is 6.03. The number of esters is 2. The molecule has 4 aliphatic rings. The van der Waals surface area contributed by atoms with E-state index in [2.05, 4.69) is 0 Å². The Morgan fingerprint density at radius 2 is 1.48 bits per heavy atom. The molecule has 4 fully saturated rings. The van der Waals surface area contributed by atoms with Crippen LogP contribution in [0.1, 0.15) is 65.7 Å². The Hall–Kier alpha value is -1.84. The molecule has 25 heavy (non-hydrogen) atoms. The lowest BCUT2D eigenvalue weighted by molar-refractivity contribution is -0.0653. The summed E-state index contributed by atoms with van der Waals surface area (Å²) < 4.78 is 10.3. The van der Waals surface area contributed by atoms with E-state index in [1.165, 1.54) is 45.6 Å². The third-order valence-electron chi connectivity index (χ3n) is 6.58. The molecule has 0 amide bonds. The Labute approximate surface area is 148 Å². The second-order valence-electron chi connectivity index (χ2n) is 8.34. The zero-order valence-corrected chi connectivity index (χ0v) is 14.8. The lowest BCUT2D eigenvalue weighted by Gasteiger charge is -2.57. The second kappa shape index (κ2) is 6.47. The minimum absolute atomic E-state index is 0.268. The summed E-state index contributed by atoms with van der Waals surface area (Å²) >= 11 is 0. The highest BCUT2D eigenvalue weighted by atomic mass is 16.5. The predicted molar refractivity (Wildman–Crippen MR) is 93.3 cm³/mol. The molecule has 1 aromatic carbocycles. The predicted octanol–water partition coefficient (Wildman–Crippen LogP) is 4.24. The van der Waals surface area contributed by atoms with Gasteiger partial charge in [0.1, 0.15) is 0 Å². The van der Waals surface area contributed by atoms with Crippen molar-refractivity contribution in [2.45, 2.75) is 44.9 Å². The van der Waals surface area contributed by atoms with Crippen LogP contribution in [-0.2, 0) is 9.47 Å². The maximum absolute atomic E-state index is 12.4. The average molecular weight is 342 g/mol. The molecule has 0 spiro atoms. The van der Waals surface area contributed by atoms with Gasteiger partial charge in [0.15, 0.2) is 0 Å². The standard InChI is InChI=1S/C21H26O4/c1-24-19(22)17-4-2-3-5-18(17)20(23)25-7-6-21-11-14-8-15(12-21)10-16(9-14)13-21/h2-5,14-16H,6-13H2,1H3. The first-order valence-electron chi connectivity index (χ1n) is 9.43. The third kappa shape index (κ3) is 3.19. The fraction of sp³-hybridized carbons (Fsp3) is 0.619. The number of hydrogen-bond donors (Lipinski definition) is 0. The molecule has 0 N–H and O–H groups in total. The minimum Gasteiger partial charge on any atom is -0.465 e. The Morgan fingerprint density at radius 3 is 2.00 bits per heavy atom. The molecular formula is C21H26O4. The quantitative estimate of drug-likeness (QED) is 0.751. The van der Waals surface area contributed by atoms with Gasteiger partial charge in [-0.1, -0.05) is 12.1 Å². The lowest BCUT2D eigenvalue weighted by Crippen LogP contribution is -2.46. The summed E-state index contributed by atoms with van der Waals surface area (Å²) in [5.41, 5.74) is 0.960. The Balaban J connectivity index is 1.38. The molecule has 4 heteroatoms. The van der Waals surface area contributed by atoms with Crippen molar-refractivity contribution in [3.63, 3.8) is 0 Å². The van der Waals surface area contributed by atoms with Crippen molar-refractivity contribution in [2.24, 2.45) is 23.2 Å². The number of ether oxygens (including phenoxy) is 2. The van der Waals surface area contributed by atoms with E-state index in [1.807, 2.05) is 0 Å². The zero-order chi connectivity index (χ0) is 17.4. The van der Waals surface area contributed by atoms with Gasteiger partial charge in [-0.05, 0) is 80.2 Å². The smallest absolute Gasteiger partial charge is 0.339 e. The molecule has 0 radical (unpaired) electrons. The zero-order valence-electron chi connectivity index (χ0n) is 14.8. The first kappa shape index (κ1) is 16.6. The van der Waals surface area contributed by atoms with Crippen molar-refractivity contribution in [2.75, 3.05) is 13.7 Å². The van der Waals surface area contributed by atoms with Gasteiger partial charge >= 0.3 is 11.9 Å². The van der Waals surface area contributed by atoms with Crippen LogP contribution in [0.2, 0.25) is 0 Å². The minimum atomic E-state index is -0.506. The number of benzene rings is 1. The summed E-state index contributed by atoms with van der Waals surface area (Å²) in [7, 11) is 1.32. The first-order chi connectivity index (χ1) is 12.1. The van der Waals surface area contributed by atoms with E-state index in [1.54, 1.807) is 24.3 Å². The van der Waals surface area contributed by atoms with Crippen LogP contribution in [0.15, 0.2) is 24.3 Å². The summed E-state index contributed by atoms with van der Waals surface area (Å²) in [5, 5.41) is 0. The van der Waals surface area contributed by atoms with Crippen LogP contribution in [0.25, 0.3) is 0 Å². The van der Waals surface area contributed by atoms with Gasteiger partial charge < -0.3 is 9.47 Å². The molecule has 134 valence electrons. The van der Waals surface area contributed by atoms with Gasteiger partial charge in [0.05, 0.1) is 24.8 Å². The molecule has 5 rings (SSSR count). The topological polar surface area (TPSA) is 52.6 Å². The fourth-order valence-corrected chi connectivity index (χ4v) is 5.98. The number of methoxy groups -OCH3 is 1. The average Bonchev–Trinajstić information content (AvgIpc) is 2.59. The summed E-state index contributed by atoms with van der Waals surface area (Å²) in [6.07, 6.45) is 9.17. The van der Waals surface area contributed by atoms with Gasteiger partial charge in [-0.25, -0.2) is 9.59 Å². The maximum Gasteiger partial charge on any atom is 0.339 e.